The molecule has 0 rings (SSSR count). The van der Waals surface area contributed by atoms with Crippen LogP contribution in [0.4, 0.5) is 0 Å². The van der Waals surface area contributed by atoms with Crippen molar-refractivity contribution >= 4 is 29.7 Å². The molecule has 3 N–H and O–H groups in total. The van der Waals surface area contributed by atoms with E-state index in [2.05, 4.69) is 23.6 Å². The summed E-state index contributed by atoms with van der Waals surface area (Å²) in [6, 6.07) is 0. The zero-order chi connectivity index (χ0) is 42.8. The van der Waals surface area contributed by atoms with E-state index in [-0.39, 0.29) is 67.7 Å². The number of carbonyl (C=O) groups is 5. The zero-order valence-electron chi connectivity index (χ0n) is 38.0. The molecule has 0 spiro atoms. The molecule has 0 aromatic heterocycles. The van der Waals surface area contributed by atoms with Gasteiger partial charge in [0.05, 0.1) is 34.3 Å². The summed E-state index contributed by atoms with van der Waals surface area (Å²) in [6.45, 7) is 8.47. The summed E-state index contributed by atoms with van der Waals surface area (Å²) in [5, 5.41) is 16.9. The highest BCUT2D eigenvalue weighted by atomic mass is 35.5. The van der Waals surface area contributed by atoms with Crippen molar-refractivity contribution in [1.29, 1.82) is 0 Å². The normalized spacial score (nSPS) is 12.5. The molecule has 2 amide bonds. The number of quaternary nitrogens is 2. The first-order valence-corrected chi connectivity index (χ1v) is 22.0. The van der Waals surface area contributed by atoms with E-state index < -0.39 is 12.2 Å². The van der Waals surface area contributed by atoms with E-state index in [4.69, 9.17) is 14.2 Å². The van der Waals surface area contributed by atoms with Gasteiger partial charge in [-0.1, -0.05) is 89.7 Å². The van der Waals surface area contributed by atoms with Crippen LogP contribution in [-0.4, -0.2) is 137 Å². The van der Waals surface area contributed by atoms with Crippen molar-refractivity contribution in [3.63, 3.8) is 0 Å². The summed E-state index contributed by atoms with van der Waals surface area (Å²) in [5.41, 5.74) is 0. The van der Waals surface area contributed by atoms with Crippen LogP contribution in [0.3, 0.4) is 0 Å². The van der Waals surface area contributed by atoms with Crippen LogP contribution in [0.2, 0.25) is 0 Å². The summed E-state index contributed by atoms with van der Waals surface area (Å²) in [4.78, 5) is 59.1. The summed E-state index contributed by atoms with van der Waals surface area (Å²) in [6.07, 6.45) is 22.5. The van der Waals surface area contributed by atoms with Crippen molar-refractivity contribution in [3.05, 3.63) is 12.2 Å². The second kappa shape index (κ2) is 38.5. The van der Waals surface area contributed by atoms with Gasteiger partial charge in [0, 0.05) is 33.4 Å². The molecule has 0 aromatic carbocycles. The first-order valence-electron chi connectivity index (χ1n) is 22.0. The van der Waals surface area contributed by atoms with Gasteiger partial charge in [-0.3, -0.25) is 19.2 Å². The van der Waals surface area contributed by atoms with Gasteiger partial charge in [0.25, 0.3) is 5.91 Å². The fourth-order valence-corrected chi connectivity index (χ4v) is 6.39. The zero-order valence-corrected chi connectivity index (χ0v) is 39.5. The molecule has 59 heavy (non-hydrogen) atoms. The number of rotatable bonds is 37. The second-order valence-electron chi connectivity index (χ2n) is 16.9. The molecule has 2 atom stereocenters. The van der Waals surface area contributed by atoms with E-state index in [9.17, 15) is 29.1 Å². The fourth-order valence-electron chi connectivity index (χ4n) is 6.39. The van der Waals surface area contributed by atoms with Crippen LogP contribution in [0.15, 0.2) is 12.2 Å². The average Bonchev–Trinajstić information content (AvgIpc) is 3.11. The number of halogens is 2. The molecule has 348 valence electrons. The molecule has 15 heteroatoms. The maximum absolute atomic E-state index is 12.7. The van der Waals surface area contributed by atoms with Crippen LogP contribution in [0.1, 0.15) is 149 Å². The SMILES string of the molecule is CCCCCC(OC(=O)C[N+](C)(C)CCOC(C)=O)C(O)C/C=C\CCCCCCCC(=O)NCCCCCCCCCCNC(=O)C[N+](C)(C)CCOC(C)=O.[Cl-].[Cl-]. The number of amides is 2. The molecular formula is C44H84Cl2N4O9. The number of esters is 3. The molecule has 0 radical (unpaired) electrons. The lowest BCUT2D eigenvalue weighted by molar-refractivity contribution is -0.883. The van der Waals surface area contributed by atoms with Gasteiger partial charge in [0.15, 0.2) is 13.1 Å². The van der Waals surface area contributed by atoms with Crippen molar-refractivity contribution in [2.75, 3.05) is 80.7 Å². The Bertz CT molecular complexity index is 1140. The van der Waals surface area contributed by atoms with Crippen LogP contribution >= 0.6 is 0 Å². The van der Waals surface area contributed by atoms with Crippen LogP contribution in [-0.2, 0) is 38.2 Å². The van der Waals surface area contributed by atoms with Crippen molar-refractivity contribution in [1.82, 2.24) is 10.6 Å². The molecule has 0 aliphatic rings. The van der Waals surface area contributed by atoms with E-state index in [1.165, 1.54) is 39.5 Å². The standard InChI is InChI=1S/C44H82N4O9.2ClH/c1-8-9-22-28-41(57-44(54)37-48(6,7)33-35-56-39(3)50)40(51)27-23-18-14-10-11-15-19-24-29-42(52)45-30-25-20-16-12-13-17-21-26-31-46-43(53)36-47(4,5)32-34-55-38(2)49;;/h18,23,40-41,51H,8-17,19-22,24-37H2,1-7H3;2*1H/b23-18-;;. The van der Waals surface area contributed by atoms with Gasteiger partial charge in [-0.15, -0.1) is 0 Å². The number of unbranched alkanes of at least 4 members (excludes halogenated alkanes) is 14. The van der Waals surface area contributed by atoms with Gasteiger partial charge in [-0.25, -0.2) is 4.79 Å². The lowest BCUT2D eigenvalue weighted by Gasteiger charge is -2.30. The third kappa shape index (κ3) is 40.7. The molecule has 0 aliphatic carbocycles. The van der Waals surface area contributed by atoms with Gasteiger partial charge in [0.1, 0.15) is 32.4 Å². The number of aliphatic hydroxyl groups is 1. The van der Waals surface area contributed by atoms with Crippen molar-refractivity contribution in [2.45, 2.75) is 161 Å². The van der Waals surface area contributed by atoms with Crippen molar-refractivity contribution in [3.8, 4) is 0 Å². The number of nitrogens with one attached hydrogen (secondary N) is 2. The Kier molecular flexibility index (Phi) is 39.7. The third-order valence-corrected chi connectivity index (χ3v) is 10.0. The maximum Gasteiger partial charge on any atom is 0.362 e. The van der Waals surface area contributed by atoms with E-state index in [0.717, 1.165) is 90.0 Å². The van der Waals surface area contributed by atoms with Crippen LogP contribution in [0.5, 0.6) is 0 Å². The van der Waals surface area contributed by atoms with Gasteiger partial charge < -0.3 is 63.7 Å². The Morgan fingerprint density at radius 3 is 1.61 bits per heavy atom. The number of likely N-dealkylation sites (N-methyl/N-ethyl adjacent to an activating group) is 2. The van der Waals surface area contributed by atoms with Gasteiger partial charge in [0.2, 0.25) is 5.91 Å². The Morgan fingerprint density at radius 1 is 0.610 bits per heavy atom. The third-order valence-electron chi connectivity index (χ3n) is 10.0. The summed E-state index contributed by atoms with van der Waals surface area (Å²) < 4.78 is 16.6. The minimum atomic E-state index is -0.753. The van der Waals surface area contributed by atoms with Crippen LogP contribution < -0.4 is 35.4 Å². The largest absolute Gasteiger partial charge is 1.00 e. The number of carbonyl (C=O) groups excluding carboxylic acids is 5. The highest BCUT2D eigenvalue weighted by Crippen LogP contribution is 2.16. The van der Waals surface area contributed by atoms with E-state index in [0.29, 0.717) is 61.0 Å². The highest BCUT2D eigenvalue weighted by molar-refractivity contribution is 5.77. The maximum atomic E-state index is 12.7. The lowest BCUT2D eigenvalue weighted by atomic mass is 10.0. The average molecular weight is 884 g/mol. The molecule has 2 unspecified atom stereocenters. The number of ether oxygens (including phenoxy) is 3. The van der Waals surface area contributed by atoms with E-state index in [1.807, 2.05) is 34.3 Å². The molecule has 0 aliphatic heterocycles. The molecule has 0 heterocycles. The number of hydrogen-bond acceptors (Lipinski definition) is 9. The number of nitrogens with zero attached hydrogens (tertiary/aromatic N) is 2. The molecule has 0 bridgehead atoms. The van der Waals surface area contributed by atoms with E-state index >= 15 is 0 Å². The first-order chi connectivity index (χ1) is 27.1. The Balaban J connectivity index is -0.0000157. The quantitative estimate of drug-likeness (QED) is 0.0260. The molecule has 0 saturated heterocycles. The van der Waals surface area contributed by atoms with Crippen molar-refractivity contribution < 1.29 is 77.1 Å². The predicted octanol–water partition coefficient (Wildman–Crippen LogP) is 0.157. The van der Waals surface area contributed by atoms with E-state index in [1.54, 1.807) is 0 Å². The summed E-state index contributed by atoms with van der Waals surface area (Å²) in [7, 11) is 7.69. The van der Waals surface area contributed by atoms with Gasteiger partial charge >= 0.3 is 17.9 Å². The van der Waals surface area contributed by atoms with Gasteiger partial charge in [-0.05, 0) is 51.4 Å². The molecule has 0 fully saturated rings. The minimum Gasteiger partial charge on any atom is -1.00 e. The smallest absolute Gasteiger partial charge is 0.362 e. The van der Waals surface area contributed by atoms with Gasteiger partial charge in [-0.2, -0.15) is 0 Å². The number of aliphatic hydroxyl groups excluding tert-OH is 1. The molecular weight excluding hydrogens is 799 g/mol. The monoisotopic (exact) mass is 883 g/mol. The Morgan fingerprint density at radius 2 is 1.08 bits per heavy atom. The van der Waals surface area contributed by atoms with Crippen molar-refractivity contribution in [2.24, 2.45) is 0 Å². The first kappa shape index (κ1) is 60.9. The molecule has 0 saturated carbocycles. The van der Waals surface area contributed by atoms with Crippen LogP contribution in [0, 0.1) is 0 Å². The predicted molar refractivity (Wildman–Crippen MR) is 226 cm³/mol. The second-order valence-corrected chi connectivity index (χ2v) is 16.9. The Hall–Kier alpha value is -2.45. The Labute approximate surface area is 370 Å². The van der Waals surface area contributed by atoms with Crippen LogP contribution in [0.25, 0.3) is 0 Å². The molecule has 0 aromatic rings. The lowest BCUT2D eigenvalue weighted by Crippen LogP contribution is -3.00. The number of hydrogen-bond donors (Lipinski definition) is 3. The summed E-state index contributed by atoms with van der Waals surface area (Å²) >= 11 is 0. The fraction of sp³-hybridized carbons (Fsp3) is 0.841. The summed E-state index contributed by atoms with van der Waals surface area (Å²) in [5.74, 6) is -0.824. The molecule has 13 nitrogen and oxygen atoms in total. The topological polar surface area (TPSA) is 157 Å². The number of allylic oxidation sites excluding steroid dienone is 1. The highest BCUT2D eigenvalue weighted by Gasteiger charge is 2.27. The minimum absolute atomic E-state index is 0.